The summed E-state index contributed by atoms with van der Waals surface area (Å²) < 4.78 is 45.5. The number of sulfonamides is 1. The van der Waals surface area contributed by atoms with E-state index in [0.717, 1.165) is 17.9 Å². The molecule has 2 aromatic rings. The highest BCUT2D eigenvalue weighted by molar-refractivity contribution is 14.0. The molecule has 1 aliphatic carbocycles. The minimum absolute atomic E-state index is 0. The van der Waals surface area contributed by atoms with Crippen LogP contribution in [0.1, 0.15) is 30.5 Å². The summed E-state index contributed by atoms with van der Waals surface area (Å²) in [4.78, 5) is 6.65. The van der Waals surface area contributed by atoms with Gasteiger partial charge in [-0.15, -0.1) is 24.0 Å². The van der Waals surface area contributed by atoms with Crippen LogP contribution in [0.2, 0.25) is 0 Å². The highest BCUT2D eigenvalue weighted by atomic mass is 127. The Labute approximate surface area is 198 Å². The van der Waals surface area contributed by atoms with E-state index in [0.29, 0.717) is 38.4 Å². The van der Waals surface area contributed by atoms with Crippen LogP contribution in [-0.2, 0) is 15.8 Å². The molecule has 11 heteroatoms. The van der Waals surface area contributed by atoms with Gasteiger partial charge in [0.2, 0.25) is 10.0 Å². The summed E-state index contributed by atoms with van der Waals surface area (Å²) in [6.45, 7) is 4.42. The molecule has 8 nitrogen and oxygen atoms in total. The molecule has 0 bridgehead atoms. The van der Waals surface area contributed by atoms with Crippen molar-refractivity contribution in [2.24, 2.45) is 4.99 Å². The number of aliphatic imine (C=N–C) groups is 1. The van der Waals surface area contributed by atoms with Gasteiger partial charge in [0.25, 0.3) is 0 Å². The molecule has 1 N–H and O–H groups in total. The van der Waals surface area contributed by atoms with Crippen molar-refractivity contribution in [3.05, 3.63) is 53.7 Å². The van der Waals surface area contributed by atoms with E-state index >= 15 is 0 Å². The molecule has 1 aliphatic heterocycles. The molecule has 31 heavy (non-hydrogen) atoms. The lowest BCUT2D eigenvalue weighted by Crippen LogP contribution is -2.54. The third-order valence-corrected chi connectivity index (χ3v) is 7.28. The Morgan fingerprint density at radius 2 is 2.00 bits per heavy atom. The summed E-state index contributed by atoms with van der Waals surface area (Å²) in [5.41, 5.74) is 1.13. The van der Waals surface area contributed by atoms with Crippen molar-refractivity contribution in [2.75, 3.05) is 32.7 Å². The minimum Gasteiger partial charge on any atom is -0.364 e. The van der Waals surface area contributed by atoms with Crippen molar-refractivity contribution >= 4 is 40.0 Å². The van der Waals surface area contributed by atoms with Crippen LogP contribution in [0.25, 0.3) is 0 Å². The lowest BCUT2D eigenvalue weighted by Gasteiger charge is -2.36. The maximum absolute atomic E-state index is 14.0. The molecule has 2 unspecified atom stereocenters. The van der Waals surface area contributed by atoms with E-state index in [1.807, 2.05) is 19.1 Å². The van der Waals surface area contributed by atoms with Crippen LogP contribution >= 0.6 is 24.0 Å². The summed E-state index contributed by atoms with van der Waals surface area (Å²) in [5.74, 6) is 0.559. The summed E-state index contributed by atoms with van der Waals surface area (Å²) in [5, 5.41) is 7.14. The fourth-order valence-corrected chi connectivity index (χ4v) is 5.22. The number of nitrogens with one attached hydrogen (secondary N) is 1. The number of aromatic nitrogens is 1. The zero-order chi connectivity index (χ0) is 21.1. The highest BCUT2D eigenvalue weighted by Gasteiger charge is 2.41. The Bertz CT molecular complexity index is 994. The SMILES string of the molecule is CCN=C(NC1CC1c1ccccc1F)N1CCN(S(=O)(=O)Cc2ccon2)CC1.I. The van der Waals surface area contributed by atoms with Crippen LogP contribution in [-0.4, -0.2) is 67.5 Å². The zero-order valence-corrected chi connectivity index (χ0v) is 20.4. The summed E-state index contributed by atoms with van der Waals surface area (Å²) in [6, 6.07) is 8.57. The fourth-order valence-electron chi connectivity index (χ4n) is 3.79. The number of hydrogen-bond acceptors (Lipinski definition) is 5. The van der Waals surface area contributed by atoms with Crippen molar-refractivity contribution in [3.63, 3.8) is 0 Å². The van der Waals surface area contributed by atoms with Gasteiger partial charge in [0, 0.05) is 50.7 Å². The number of hydrogen-bond donors (Lipinski definition) is 1. The topological polar surface area (TPSA) is 91.0 Å². The number of halogens is 2. The summed E-state index contributed by atoms with van der Waals surface area (Å²) in [6.07, 6.45) is 2.23. The number of rotatable bonds is 6. The van der Waals surface area contributed by atoms with E-state index in [1.54, 1.807) is 12.1 Å². The van der Waals surface area contributed by atoms with Crippen LogP contribution in [0.5, 0.6) is 0 Å². The van der Waals surface area contributed by atoms with Crippen molar-refractivity contribution in [2.45, 2.75) is 31.1 Å². The Hall–Kier alpha value is -1.73. The van der Waals surface area contributed by atoms with Gasteiger partial charge in [-0.2, -0.15) is 4.31 Å². The Balaban J connectivity index is 0.00000272. The first-order chi connectivity index (χ1) is 14.5. The molecular weight excluding hydrogens is 536 g/mol. The summed E-state index contributed by atoms with van der Waals surface area (Å²) in [7, 11) is -3.45. The second-order valence-electron chi connectivity index (χ2n) is 7.55. The first-order valence-electron chi connectivity index (χ1n) is 10.2. The van der Waals surface area contributed by atoms with Gasteiger partial charge < -0.3 is 14.7 Å². The second kappa shape index (κ2) is 10.3. The van der Waals surface area contributed by atoms with Gasteiger partial charge in [0.05, 0.1) is 5.69 Å². The maximum Gasteiger partial charge on any atom is 0.220 e. The van der Waals surface area contributed by atoms with Gasteiger partial charge in [0.15, 0.2) is 5.96 Å². The predicted octanol–water partition coefficient (Wildman–Crippen LogP) is 2.40. The van der Waals surface area contributed by atoms with Crippen LogP contribution in [0, 0.1) is 5.82 Å². The molecule has 1 aromatic carbocycles. The van der Waals surface area contributed by atoms with Gasteiger partial charge in [-0.1, -0.05) is 23.4 Å². The molecule has 170 valence electrons. The average Bonchev–Trinajstić information content (AvgIpc) is 3.30. The van der Waals surface area contributed by atoms with Gasteiger partial charge in [0.1, 0.15) is 17.8 Å². The first-order valence-corrected chi connectivity index (χ1v) is 11.8. The van der Waals surface area contributed by atoms with Gasteiger partial charge in [-0.05, 0) is 25.0 Å². The molecular formula is C20H27FIN5O3S. The van der Waals surface area contributed by atoms with Gasteiger partial charge in [-0.3, -0.25) is 4.99 Å². The van der Waals surface area contributed by atoms with Crippen molar-refractivity contribution in [3.8, 4) is 0 Å². The molecule has 2 heterocycles. The smallest absolute Gasteiger partial charge is 0.220 e. The molecule has 1 saturated carbocycles. The molecule has 4 rings (SSSR count). The summed E-state index contributed by atoms with van der Waals surface area (Å²) >= 11 is 0. The number of benzene rings is 1. The van der Waals surface area contributed by atoms with Crippen molar-refractivity contribution < 1.29 is 17.3 Å². The van der Waals surface area contributed by atoms with Gasteiger partial charge >= 0.3 is 0 Å². The monoisotopic (exact) mass is 563 g/mol. The third-order valence-electron chi connectivity index (χ3n) is 5.47. The third kappa shape index (κ3) is 5.75. The molecule has 0 spiro atoms. The first kappa shape index (κ1) is 23.9. The van der Waals surface area contributed by atoms with Gasteiger partial charge in [-0.25, -0.2) is 12.8 Å². The number of piperazine rings is 1. The number of guanidine groups is 1. The average molecular weight is 563 g/mol. The zero-order valence-electron chi connectivity index (χ0n) is 17.3. The van der Waals surface area contributed by atoms with E-state index in [9.17, 15) is 12.8 Å². The fraction of sp³-hybridized carbons (Fsp3) is 0.500. The molecule has 1 saturated heterocycles. The second-order valence-corrected chi connectivity index (χ2v) is 9.51. The molecule has 2 aliphatic rings. The largest absolute Gasteiger partial charge is 0.364 e. The van der Waals surface area contributed by atoms with E-state index in [2.05, 4.69) is 20.4 Å². The quantitative estimate of drug-likeness (QED) is 0.330. The van der Waals surface area contributed by atoms with Crippen LogP contribution in [0.4, 0.5) is 4.39 Å². The normalized spacial score (nSPS) is 22.1. The minimum atomic E-state index is -3.45. The van der Waals surface area contributed by atoms with Crippen LogP contribution < -0.4 is 5.32 Å². The molecule has 2 fully saturated rings. The maximum atomic E-state index is 14.0. The molecule has 1 aromatic heterocycles. The van der Waals surface area contributed by atoms with Crippen LogP contribution in [0.3, 0.4) is 0 Å². The lowest BCUT2D eigenvalue weighted by atomic mass is 10.1. The van der Waals surface area contributed by atoms with E-state index in [1.165, 1.54) is 16.6 Å². The predicted molar refractivity (Wildman–Crippen MR) is 126 cm³/mol. The van der Waals surface area contributed by atoms with Crippen molar-refractivity contribution in [1.29, 1.82) is 0 Å². The number of nitrogens with zero attached hydrogens (tertiary/aromatic N) is 4. The van der Waals surface area contributed by atoms with E-state index < -0.39 is 10.0 Å². The van der Waals surface area contributed by atoms with Crippen LogP contribution in [0.15, 0.2) is 46.1 Å². The molecule has 0 amide bonds. The van der Waals surface area contributed by atoms with Crippen molar-refractivity contribution in [1.82, 2.24) is 19.7 Å². The highest BCUT2D eigenvalue weighted by Crippen LogP contribution is 2.41. The molecule has 2 atom stereocenters. The standard InChI is InChI=1S/C20H26FN5O3S.HI/c1-2-22-20(23-19-13-17(19)16-5-3-4-6-18(16)21)25-8-10-26(11-9-25)30(27,28)14-15-7-12-29-24-15;/h3-7,12,17,19H,2,8-11,13-14H2,1H3,(H,22,23);1H. The lowest BCUT2D eigenvalue weighted by molar-refractivity contribution is 0.259. The Morgan fingerprint density at radius 3 is 2.65 bits per heavy atom. The van der Waals surface area contributed by atoms with E-state index in [4.69, 9.17) is 4.52 Å². The van der Waals surface area contributed by atoms with E-state index in [-0.39, 0.29) is 47.5 Å². The Morgan fingerprint density at radius 1 is 1.26 bits per heavy atom. The Kier molecular flexibility index (Phi) is 7.92. The molecule has 0 radical (unpaired) electrons.